The minimum absolute atomic E-state index is 0.0284. The number of nitrogens with zero attached hydrogens (tertiary/aromatic N) is 5. The maximum absolute atomic E-state index is 13.5. The van der Waals surface area contributed by atoms with Crippen molar-refractivity contribution in [1.82, 2.24) is 14.5 Å². The Morgan fingerprint density at radius 1 is 1.18 bits per heavy atom. The van der Waals surface area contributed by atoms with Gasteiger partial charge in [0, 0.05) is 6.54 Å². The Kier molecular flexibility index (Phi) is 5.38. The summed E-state index contributed by atoms with van der Waals surface area (Å²) >= 11 is 6.06. The standard InChI is InChI=1S/C24H22ClN5O3/c1-2-28-23(33)21-22(30-13-17(26-24(28)30)10-15-6-4-3-5-7-15)27-20(14-31)29(21)12-16-8-9-19(32)18(25)11-16/h3-9,11,14,17,32H,2,10,12-13H2,1H3/t17-/m1/s1. The highest BCUT2D eigenvalue weighted by atomic mass is 35.5. The minimum Gasteiger partial charge on any atom is -0.506 e. The minimum atomic E-state index is -0.242. The van der Waals surface area contributed by atoms with E-state index in [1.54, 1.807) is 21.6 Å². The van der Waals surface area contributed by atoms with Crippen LogP contribution in [-0.2, 0) is 13.0 Å². The number of fused-ring (bicyclic) bond motifs is 3. The van der Waals surface area contributed by atoms with Crippen LogP contribution in [0.1, 0.15) is 39.2 Å². The van der Waals surface area contributed by atoms with E-state index in [1.807, 2.05) is 30.0 Å². The summed E-state index contributed by atoms with van der Waals surface area (Å²) < 4.78 is 1.61. The number of benzene rings is 2. The number of aromatic hydroxyl groups is 1. The number of aldehydes is 1. The number of anilines is 1. The largest absolute Gasteiger partial charge is 0.506 e. The number of imidazole rings is 1. The lowest BCUT2D eigenvalue weighted by Crippen LogP contribution is -2.50. The van der Waals surface area contributed by atoms with Gasteiger partial charge in [0.15, 0.2) is 23.6 Å². The molecule has 0 bridgehead atoms. The van der Waals surface area contributed by atoms with Crippen LogP contribution in [0.15, 0.2) is 53.5 Å². The molecule has 0 spiro atoms. The molecule has 168 valence electrons. The van der Waals surface area contributed by atoms with Crippen LogP contribution in [0.2, 0.25) is 5.02 Å². The summed E-state index contributed by atoms with van der Waals surface area (Å²) in [6.07, 6.45) is 1.40. The van der Waals surface area contributed by atoms with Gasteiger partial charge in [0.05, 0.1) is 24.2 Å². The topological polar surface area (TPSA) is 91.0 Å². The molecule has 2 aliphatic rings. The van der Waals surface area contributed by atoms with Crippen molar-refractivity contribution in [1.29, 1.82) is 0 Å². The molecular formula is C24H22ClN5O3. The molecule has 1 N–H and O–H groups in total. The number of aliphatic imine (C=N–C) groups is 1. The van der Waals surface area contributed by atoms with Gasteiger partial charge < -0.3 is 9.67 Å². The van der Waals surface area contributed by atoms with E-state index in [-0.39, 0.29) is 35.1 Å². The zero-order chi connectivity index (χ0) is 23.1. The number of carbonyl (C=O) groups is 2. The van der Waals surface area contributed by atoms with Crippen molar-refractivity contribution in [3.8, 4) is 5.75 Å². The van der Waals surface area contributed by atoms with Crippen LogP contribution < -0.4 is 4.90 Å². The van der Waals surface area contributed by atoms with Gasteiger partial charge in [-0.15, -0.1) is 0 Å². The van der Waals surface area contributed by atoms with Crippen LogP contribution in [0.25, 0.3) is 0 Å². The van der Waals surface area contributed by atoms with Gasteiger partial charge in [-0.2, -0.15) is 0 Å². The lowest BCUT2D eigenvalue weighted by Gasteiger charge is -2.33. The summed E-state index contributed by atoms with van der Waals surface area (Å²) in [4.78, 5) is 38.3. The van der Waals surface area contributed by atoms with Crippen molar-refractivity contribution >= 4 is 35.6 Å². The summed E-state index contributed by atoms with van der Waals surface area (Å²) in [7, 11) is 0. The number of rotatable bonds is 6. The molecule has 8 nitrogen and oxygen atoms in total. The number of hydrogen-bond acceptors (Lipinski definition) is 6. The fourth-order valence-electron chi connectivity index (χ4n) is 4.40. The van der Waals surface area contributed by atoms with Gasteiger partial charge in [-0.05, 0) is 36.6 Å². The molecule has 33 heavy (non-hydrogen) atoms. The average Bonchev–Trinajstić information content (AvgIpc) is 3.39. The second-order valence-electron chi connectivity index (χ2n) is 8.06. The molecule has 0 saturated carbocycles. The van der Waals surface area contributed by atoms with Crippen LogP contribution in [0.3, 0.4) is 0 Å². The number of phenolic OH excluding ortho intramolecular Hbond substituents is 1. The van der Waals surface area contributed by atoms with E-state index in [1.165, 1.54) is 11.6 Å². The SMILES string of the molecule is CCN1C(=O)c2c(nc(C=O)n2Cc2ccc(O)c(Cl)c2)N2C[C@@H](Cc3ccccc3)N=C12. The van der Waals surface area contributed by atoms with Gasteiger partial charge in [-0.25, -0.2) is 9.98 Å². The van der Waals surface area contributed by atoms with Crippen molar-refractivity contribution < 1.29 is 14.7 Å². The van der Waals surface area contributed by atoms with Crippen LogP contribution >= 0.6 is 11.6 Å². The third kappa shape index (κ3) is 3.66. The van der Waals surface area contributed by atoms with Crippen molar-refractivity contribution in [2.24, 2.45) is 4.99 Å². The van der Waals surface area contributed by atoms with Crippen molar-refractivity contribution in [3.63, 3.8) is 0 Å². The number of halogens is 1. The Labute approximate surface area is 195 Å². The van der Waals surface area contributed by atoms with Gasteiger partial charge in [0.25, 0.3) is 5.91 Å². The Hall–Kier alpha value is -3.65. The van der Waals surface area contributed by atoms with E-state index < -0.39 is 0 Å². The van der Waals surface area contributed by atoms with Crippen LogP contribution in [0, 0.1) is 0 Å². The first-order chi connectivity index (χ1) is 16.0. The highest BCUT2D eigenvalue weighted by Crippen LogP contribution is 2.34. The Balaban J connectivity index is 1.53. The Morgan fingerprint density at radius 3 is 2.67 bits per heavy atom. The van der Waals surface area contributed by atoms with E-state index >= 15 is 0 Å². The Morgan fingerprint density at radius 2 is 1.97 bits per heavy atom. The number of aromatic nitrogens is 2. The number of amides is 1. The average molecular weight is 464 g/mol. The third-order valence-corrected chi connectivity index (χ3v) is 6.25. The smallest absolute Gasteiger partial charge is 0.281 e. The quantitative estimate of drug-likeness (QED) is 0.566. The second kappa shape index (κ2) is 8.37. The van der Waals surface area contributed by atoms with Gasteiger partial charge >= 0.3 is 0 Å². The highest BCUT2D eigenvalue weighted by Gasteiger charge is 2.43. The zero-order valence-electron chi connectivity index (χ0n) is 18.0. The molecule has 0 saturated heterocycles. The van der Waals surface area contributed by atoms with E-state index in [0.29, 0.717) is 36.8 Å². The van der Waals surface area contributed by atoms with Crippen molar-refractivity contribution in [2.75, 3.05) is 18.0 Å². The predicted molar refractivity (Wildman–Crippen MR) is 125 cm³/mol. The fraction of sp³-hybridized carbons (Fsp3) is 0.250. The molecule has 3 aromatic rings. The van der Waals surface area contributed by atoms with E-state index in [4.69, 9.17) is 16.6 Å². The Bertz CT molecular complexity index is 1270. The van der Waals surface area contributed by atoms with Gasteiger partial charge in [-0.3, -0.25) is 19.4 Å². The third-order valence-electron chi connectivity index (χ3n) is 5.94. The molecule has 5 rings (SSSR count). The van der Waals surface area contributed by atoms with E-state index in [2.05, 4.69) is 17.1 Å². The van der Waals surface area contributed by atoms with Crippen molar-refractivity contribution in [3.05, 3.63) is 76.2 Å². The summed E-state index contributed by atoms with van der Waals surface area (Å²) in [5.41, 5.74) is 2.26. The summed E-state index contributed by atoms with van der Waals surface area (Å²) in [6.45, 7) is 3.13. The first-order valence-electron chi connectivity index (χ1n) is 10.7. The maximum Gasteiger partial charge on any atom is 0.281 e. The van der Waals surface area contributed by atoms with Gasteiger partial charge in [0.2, 0.25) is 5.96 Å². The molecule has 0 fully saturated rings. The van der Waals surface area contributed by atoms with Gasteiger partial charge in [-0.1, -0.05) is 48.0 Å². The molecule has 9 heteroatoms. The monoisotopic (exact) mass is 463 g/mol. The second-order valence-corrected chi connectivity index (χ2v) is 8.47. The van der Waals surface area contributed by atoms with Gasteiger partial charge in [0.1, 0.15) is 5.75 Å². The van der Waals surface area contributed by atoms with Crippen LogP contribution in [-0.4, -0.2) is 56.8 Å². The fourth-order valence-corrected chi connectivity index (χ4v) is 4.60. The molecule has 0 radical (unpaired) electrons. The lowest BCUT2D eigenvalue weighted by atomic mass is 10.1. The lowest BCUT2D eigenvalue weighted by molar-refractivity contribution is 0.0836. The highest BCUT2D eigenvalue weighted by molar-refractivity contribution is 6.32. The van der Waals surface area contributed by atoms with E-state index in [9.17, 15) is 14.7 Å². The molecular weight excluding hydrogens is 442 g/mol. The molecule has 2 aliphatic heterocycles. The maximum atomic E-state index is 13.5. The molecule has 0 aliphatic carbocycles. The number of hydrogen-bond donors (Lipinski definition) is 1. The van der Waals surface area contributed by atoms with Crippen LogP contribution in [0.4, 0.5) is 5.82 Å². The number of carbonyl (C=O) groups excluding carboxylic acids is 2. The molecule has 2 aromatic carbocycles. The normalized spacial score (nSPS) is 17.1. The number of guanidine groups is 1. The molecule has 1 aromatic heterocycles. The number of phenols is 1. The molecule has 3 heterocycles. The van der Waals surface area contributed by atoms with Crippen molar-refractivity contribution in [2.45, 2.75) is 25.9 Å². The summed E-state index contributed by atoms with van der Waals surface area (Å²) in [5, 5.41) is 9.92. The first-order valence-corrected chi connectivity index (χ1v) is 11.1. The first kappa shape index (κ1) is 21.2. The molecule has 1 atom stereocenters. The van der Waals surface area contributed by atoms with Crippen LogP contribution in [0.5, 0.6) is 5.75 Å². The molecule has 1 amide bonds. The predicted octanol–water partition coefficient (Wildman–Crippen LogP) is 3.37. The summed E-state index contributed by atoms with van der Waals surface area (Å²) in [5.74, 6) is 0.908. The summed E-state index contributed by atoms with van der Waals surface area (Å²) in [6, 6.07) is 14.9. The zero-order valence-corrected chi connectivity index (χ0v) is 18.7. The molecule has 0 unspecified atom stereocenters. The van der Waals surface area contributed by atoms with E-state index in [0.717, 1.165) is 12.0 Å².